The molecule has 1 aliphatic heterocycles. The number of carbonyl (C=O) groups is 2. The summed E-state index contributed by atoms with van der Waals surface area (Å²) < 4.78 is 14.1. The standard InChI is InChI=1S/C15H23FN2O2/c1-11-14(19)17-8-5-9-18(11)15(20)13(16)10-12-6-3-2-4-7-12/h10-12H,2-9H2,1H3,(H,17,19)/b13-10-/t11-/m1/s1. The van der Waals surface area contributed by atoms with Gasteiger partial charge in [-0.25, -0.2) is 4.39 Å². The third-order valence-electron chi connectivity index (χ3n) is 4.22. The quantitative estimate of drug-likeness (QED) is 0.789. The lowest BCUT2D eigenvalue weighted by Gasteiger charge is -2.25. The molecule has 1 N–H and O–H groups in total. The minimum Gasteiger partial charge on any atom is -0.354 e. The molecule has 2 aliphatic rings. The van der Waals surface area contributed by atoms with Crippen molar-refractivity contribution in [3.8, 4) is 0 Å². The number of hydrogen-bond donors (Lipinski definition) is 1. The number of halogens is 1. The summed E-state index contributed by atoms with van der Waals surface area (Å²) in [6.45, 7) is 2.61. The molecule has 0 aromatic rings. The molecule has 112 valence electrons. The summed E-state index contributed by atoms with van der Waals surface area (Å²) >= 11 is 0. The van der Waals surface area contributed by atoms with Crippen molar-refractivity contribution in [2.75, 3.05) is 13.1 Å². The molecule has 4 nitrogen and oxygen atoms in total. The van der Waals surface area contributed by atoms with Crippen LogP contribution in [0.5, 0.6) is 0 Å². The van der Waals surface area contributed by atoms with Crippen LogP contribution in [0, 0.1) is 5.92 Å². The van der Waals surface area contributed by atoms with E-state index in [9.17, 15) is 14.0 Å². The Balaban J connectivity index is 2.04. The number of amides is 2. The fraction of sp³-hybridized carbons (Fsp3) is 0.733. The van der Waals surface area contributed by atoms with Gasteiger partial charge in [0.05, 0.1) is 0 Å². The van der Waals surface area contributed by atoms with Gasteiger partial charge in [-0.15, -0.1) is 0 Å². The third-order valence-corrected chi connectivity index (χ3v) is 4.22. The minimum absolute atomic E-state index is 0.170. The molecule has 1 aliphatic carbocycles. The van der Waals surface area contributed by atoms with Crippen molar-refractivity contribution < 1.29 is 14.0 Å². The highest BCUT2D eigenvalue weighted by molar-refractivity contribution is 5.95. The predicted octanol–water partition coefficient (Wildman–Crippen LogP) is 2.16. The fourth-order valence-electron chi connectivity index (χ4n) is 2.94. The van der Waals surface area contributed by atoms with E-state index < -0.39 is 17.8 Å². The molecule has 1 atom stereocenters. The monoisotopic (exact) mass is 282 g/mol. The number of nitrogens with one attached hydrogen (secondary N) is 1. The Bertz CT molecular complexity index is 403. The summed E-state index contributed by atoms with van der Waals surface area (Å²) in [5, 5.41) is 2.72. The Labute approximate surface area is 119 Å². The molecule has 20 heavy (non-hydrogen) atoms. The first kappa shape index (κ1) is 15.0. The Morgan fingerprint density at radius 2 is 2.00 bits per heavy atom. The van der Waals surface area contributed by atoms with Gasteiger partial charge in [0.2, 0.25) is 5.91 Å². The van der Waals surface area contributed by atoms with Crippen LogP contribution in [-0.2, 0) is 9.59 Å². The molecule has 0 unspecified atom stereocenters. The van der Waals surface area contributed by atoms with Crippen LogP contribution in [0.25, 0.3) is 0 Å². The Kier molecular flexibility index (Phi) is 5.15. The molecule has 2 rings (SSSR count). The maximum atomic E-state index is 14.1. The van der Waals surface area contributed by atoms with Crippen molar-refractivity contribution in [2.45, 2.75) is 51.5 Å². The van der Waals surface area contributed by atoms with Gasteiger partial charge >= 0.3 is 0 Å². The second-order valence-electron chi connectivity index (χ2n) is 5.73. The van der Waals surface area contributed by atoms with Gasteiger partial charge in [0.15, 0.2) is 5.83 Å². The van der Waals surface area contributed by atoms with Crippen LogP contribution in [0.3, 0.4) is 0 Å². The topological polar surface area (TPSA) is 49.4 Å². The predicted molar refractivity (Wildman–Crippen MR) is 74.6 cm³/mol. The van der Waals surface area contributed by atoms with Gasteiger partial charge in [-0.2, -0.15) is 0 Å². The molecule has 2 fully saturated rings. The number of rotatable bonds is 2. The van der Waals surface area contributed by atoms with E-state index in [0.29, 0.717) is 19.5 Å². The highest BCUT2D eigenvalue weighted by Gasteiger charge is 2.30. The van der Waals surface area contributed by atoms with Gasteiger partial charge < -0.3 is 10.2 Å². The van der Waals surface area contributed by atoms with Crippen molar-refractivity contribution in [3.63, 3.8) is 0 Å². The molecule has 0 bridgehead atoms. The Hall–Kier alpha value is -1.39. The Morgan fingerprint density at radius 3 is 2.70 bits per heavy atom. The summed E-state index contributed by atoms with van der Waals surface area (Å²) in [4.78, 5) is 25.2. The molecule has 0 aromatic carbocycles. The summed E-state index contributed by atoms with van der Waals surface area (Å²) in [5.74, 6) is -1.37. The molecule has 1 saturated heterocycles. The molecule has 0 radical (unpaired) electrons. The van der Waals surface area contributed by atoms with Crippen LogP contribution in [0.4, 0.5) is 4.39 Å². The molecule has 0 spiro atoms. The molecule has 5 heteroatoms. The van der Waals surface area contributed by atoms with Crippen LogP contribution in [-0.4, -0.2) is 35.8 Å². The summed E-state index contributed by atoms with van der Waals surface area (Å²) in [5.41, 5.74) is 0. The second-order valence-corrected chi connectivity index (χ2v) is 5.73. The van der Waals surface area contributed by atoms with Crippen LogP contribution < -0.4 is 5.32 Å². The van der Waals surface area contributed by atoms with Crippen molar-refractivity contribution in [1.29, 1.82) is 0 Å². The van der Waals surface area contributed by atoms with E-state index >= 15 is 0 Å². The minimum atomic E-state index is -0.696. The number of hydrogen-bond acceptors (Lipinski definition) is 2. The van der Waals surface area contributed by atoms with E-state index in [1.54, 1.807) is 6.92 Å². The molecular formula is C15H23FN2O2. The SMILES string of the molecule is C[C@@H]1C(=O)NCCCN1C(=O)/C(F)=C/C1CCCCC1. The molecule has 0 aromatic heterocycles. The maximum Gasteiger partial charge on any atom is 0.282 e. The molecule has 1 saturated carbocycles. The van der Waals surface area contributed by atoms with Gasteiger partial charge in [0.1, 0.15) is 6.04 Å². The van der Waals surface area contributed by atoms with Crippen molar-refractivity contribution in [2.24, 2.45) is 5.92 Å². The summed E-state index contributed by atoms with van der Waals surface area (Å²) in [7, 11) is 0. The fourth-order valence-corrected chi connectivity index (χ4v) is 2.94. The van der Waals surface area contributed by atoms with E-state index in [2.05, 4.69) is 5.32 Å². The van der Waals surface area contributed by atoms with Gasteiger partial charge in [0, 0.05) is 13.1 Å². The largest absolute Gasteiger partial charge is 0.354 e. The zero-order valence-electron chi connectivity index (χ0n) is 12.0. The lowest BCUT2D eigenvalue weighted by atomic mass is 9.89. The van der Waals surface area contributed by atoms with Crippen LogP contribution >= 0.6 is 0 Å². The summed E-state index contributed by atoms with van der Waals surface area (Å²) in [6, 6.07) is -0.601. The van der Waals surface area contributed by atoms with Gasteiger partial charge in [0.25, 0.3) is 5.91 Å². The first-order chi connectivity index (χ1) is 9.59. The van der Waals surface area contributed by atoms with Crippen molar-refractivity contribution in [3.05, 3.63) is 11.9 Å². The molecular weight excluding hydrogens is 259 g/mol. The van der Waals surface area contributed by atoms with Crippen LogP contribution in [0.1, 0.15) is 45.4 Å². The normalized spacial score (nSPS) is 26.1. The lowest BCUT2D eigenvalue weighted by molar-refractivity contribution is -0.137. The average Bonchev–Trinajstić information content (AvgIpc) is 2.62. The second kappa shape index (κ2) is 6.86. The first-order valence-electron chi connectivity index (χ1n) is 7.55. The van der Waals surface area contributed by atoms with Crippen LogP contribution in [0.2, 0.25) is 0 Å². The maximum absolute atomic E-state index is 14.1. The van der Waals surface area contributed by atoms with E-state index in [-0.39, 0.29) is 11.8 Å². The first-order valence-corrected chi connectivity index (χ1v) is 7.55. The van der Waals surface area contributed by atoms with Crippen LogP contribution in [0.15, 0.2) is 11.9 Å². The van der Waals surface area contributed by atoms with E-state index in [1.807, 2.05) is 0 Å². The van der Waals surface area contributed by atoms with Crippen molar-refractivity contribution >= 4 is 11.8 Å². The van der Waals surface area contributed by atoms with E-state index in [0.717, 1.165) is 25.7 Å². The van der Waals surface area contributed by atoms with Gasteiger partial charge in [-0.3, -0.25) is 9.59 Å². The average molecular weight is 282 g/mol. The van der Waals surface area contributed by atoms with Gasteiger partial charge in [-0.05, 0) is 38.2 Å². The Morgan fingerprint density at radius 1 is 1.30 bits per heavy atom. The van der Waals surface area contributed by atoms with Crippen molar-refractivity contribution in [1.82, 2.24) is 10.2 Å². The van der Waals surface area contributed by atoms with Gasteiger partial charge in [-0.1, -0.05) is 19.3 Å². The van der Waals surface area contributed by atoms with E-state index in [4.69, 9.17) is 0 Å². The summed E-state index contributed by atoms with van der Waals surface area (Å²) in [6.07, 6.45) is 7.45. The lowest BCUT2D eigenvalue weighted by Crippen LogP contribution is -2.45. The highest BCUT2D eigenvalue weighted by Crippen LogP contribution is 2.26. The zero-order chi connectivity index (χ0) is 14.5. The zero-order valence-corrected chi connectivity index (χ0v) is 12.0. The number of nitrogens with zero attached hydrogens (tertiary/aromatic N) is 1. The molecule has 1 heterocycles. The smallest absolute Gasteiger partial charge is 0.282 e. The number of carbonyl (C=O) groups excluding carboxylic acids is 2. The molecule has 2 amide bonds. The number of allylic oxidation sites excluding steroid dienone is 1. The third kappa shape index (κ3) is 3.58. The highest BCUT2D eigenvalue weighted by atomic mass is 19.1. The van der Waals surface area contributed by atoms with E-state index in [1.165, 1.54) is 17.4 Å².